The molecule has 1 amide bonds. The van der Waals surface area contributed by atoms with Gasteiger partial charge in [-0.15, -0.1) is 0 Å². The van der Waals surface area contributed by atoms with E-state index >= 15 is 0 Å². The molecule has 2 heterocycles. The fourth-order valence-corrected chi connectivity index (χ4v) is 3.29. The van der Waals surface area contributed by atoms with Crippen molar-refractivity contribution in [3.63, 3.8) is 0 Å². The second kappa shape index (κ2) is 8.24. The number of nitrogens with one attached hydrogen (secondary N) is 1. The molecule has 1 aromatic heterocycles. The summed E-state index contributed by atoms with van der Waals surface area (Å²) < 4.78 is 37.4. The maximum atomic E-state index is 14.0. The number of carbonyl (C=O) groups is 1. The number of amides is 1. The largest absolute Gasteiger partial charge is 0.503 e. The number of aliphatic hydroxyl groups is 4. The fraction of sp³-hybridized carbons (Fsp3) is 0.444. The Morgan fingerprint density at radius 3 is 2.53 bits per heavy atom. The number of phenols is 1. The Hall–Kier alpha value is -2.64. The second-order valence-electron chi connectivity index (χ2n) is 6.89. The van der Waals surface area contributed by atoms with Crippen molar-refractivity contribution in [2.75, 3.05) is 6.61 Å². The van der Waals surface area contributed by atoms with Gasteiger partial charge in [-0.2, -0.15) is 4.39 Å². The first-order chi connectivity index (χ1) is 14.1. The SMILES string of the molecule is Cc1c(CC(=O)NC2C(O)OC(CO)[C@H](O)[C@H]2O)c(=O)oc2c(F)c(O)c(F)cc12. The highest BCUT2D eigenvalue weighted by Gasteiger charge is 2.44. The molecule has 12 heteroatoms. The zero-order valence-electron chi connectivity index (χ0n) is 15.5. The molecule has 0 bridgehead atoms. The number of aliphatic hydroxyl groups excluding tert-OH is 4. The maximum absolute atomic E-state index is 14.0. The predicted molar refractivity (Wildman–Crippen MR) is 94.4 cm³/mol. The van der Waals surface area contributed by atoms with Crippen molar-refractivity contribution < 1.29 is 48.3 Å². The van der Waals surface area contributed by atoms with Crippen molar-refractivity contribution in [2.24, 2.45) is 0 Å². The molecule has 0 radical (unpaired) electrons. The molecule has 10 nitrogen and oxygen atoms in total. The Morgan fingerprint density at radius 1 is 1.23 bits per heavy atom. The van der Waals surface area contributed by atoms with E-state index in [9.17, 15) is 38.8 Å². The van der Waals surface area contributed by atoms with Gasteiger partial charge in [0.15, 0.2) is 23.4 Å². The Labute approximate surface area is 166 Å². The third-order valence-electron chi connectivity index (χ3n) is 5.01. The summed E-state index contributed by atoms with van der Waals surface area (Å²) in [6.07, 6.45) is -6.96. The Bertz CT molecular complexity index is 1040. The predicted octanol–water partition coefficient (Wildman–Crippen LogP) is -1.46. The van der Waals surface area contributed by atoms with Crippen LogP contribution in [0.25, 0.3) is 11.0 Å². The highest BCUT2D eigenvalue weighted by molar-refractivity contribution is 5.86. The van der Waals surface area contributed by atoms with Crippen LogP contribution in [0, 0.1) is 18.6 Å². The van der Waals surface area contributed by atoms with Crippen LogP contribution < -0.4 is 10.9 Å². The van der Waals surface area contributed by atoms with Crippen LogP contribution >= 0.6 is 0 Å². The lowest BCUT2D eigenvalue weighted by Gasteiger charge is -2.40. The lowest BCUT2D eigenvalue weighted by molar-refractivity contribution is -0.253. The van der Waals surface area contributed by atoms with Crippen molar-refractivity contribution in [3.8, 4) is 5.75 Å². The van der Waals surface area contributed by atoms with E-state index in [2.05, 4.69) is 5.32 Å². The van der Waals surface area contributed by atoms with E-state index in [1.54, 1.807) is 0 Å². The standard InChI is InChI=1S/C18H19F2NO9/c1-5-6-2-8(19)13(24)11(20)16(6)30-17(27)7(5)3-10(23)21-12-15(26)14(25)9(4-22)29-18(12)28/h2,9,12,14-15,18,22,24-26,28H,3-4H2,1H3,(H,21,23)/t9?,12?,14-,15-,18?/m0/s1. The summed E-state index contributed by atoms with van der Waals surface area (Å²) in [5, 5.41) is 50.2. The first-order valence-corrected chi connectivity index (χ1v) is 8.80. The van der Waals surface area contributed by atoms with Gasteiger partial charge in [0.1, 0.15) is 24.4 Å². The first-order valence-electron chi connectivity index (χ1n) is 8.80. The second-order valence-corrected chi connectivity index (χ2v) is 6.89. The number of aryl methyl sites for hydroxylation is 1. The topological polar surface area (TPSA) is 170 Å². The molecular weight excluding hydrogens is 412 g/mol. The summed E-state index contributed by atoms with van der Waals surface area (Å²) in [6, 6.07) is -0.726. The quantitative estimate of drug-likeness (QED) is 0.317. The van der Waals surface area contributed by atoms with Crippen LogP contribution in [0.3, 0.4) is 0 Å². The van der Waals surface area contributed by atoms with Gasteiger partial charge in [0, 0.05) is 5.39 Å². The van der Waals surface area contributed by atoms with Gasteiger partial charge in [-0.1, -0.05) is 0 Å². The molecule has 1 aliphatic heterocycles. The zero-order chi connectivity index (χ0) is 22.3. The Kier molecular flexibility index (Phi) is 6.06. The maximum Gasteiger partial charge on any atom is 0.340 e. The summed E-state index contributed by atoms with van der Waals surface area (Å²) in [6.45, 7) is 0.636. The normalized spacial score (nSPS) is 26.7. The minimum absolute atomic E-state index is 0.0237. The van der Waals surface area contributed by atoms with E-state index in [1.807, 2.05) is 0 Å². The molecule has 5 atom stereocenters. The highest BCUT2D eigenvalue weighted by Crippen LogP contribution is 2.30. The molecule has 6 N–H and O–H groups in total. The van der Waals surface area contributed by atoms with Gasteiger partial charge in [-0.05, 0) is 18.6 Å². The van der Waals surface area contributed by atoms with Crippen LogP contribution in [0.2, 0.25) is 0 Å². The molecule has 3 unspecified atom stereocenters. The van der Waals surface area contributed by atoms with Crippen LogP contribution in [-0.4, -0.2) is 68.7 Å². The van der Waals surface area contributed by atoms with Gasteiger partial charge >= 0.3 is 5.63 Å². The highest BCUT2D eigenvalue weighted by atomic mass is 19.1. The van der Waals surface area contributed by atoms with Crippen LogP contribution in [0.4, 0.5) is 8.78 Å². The van der Waals surface area contributed by atoms with E-state index in [0.29, 0.717) is 0 Å². The number of ether oxygens (including phenoxy) is 1. The van der Waals surface area contributed by atoms with Crippen LogP contribution in [-0.2, 0) is 16.0 Å². The third-order valence-corrected chi connectivity index (χ3v) is 5.01. The van der Waals surface area contributed by atoms with Gasteiger partial charge in [0.25, 0.3) is 0 Å². The van der Waals surface area contributed by atoms with E-state index in [1.165, 1.54) is 6.92 Å². The Morgan fingerprint density at radius 2 is 1.90 bits per heavy atom. The summed E-state index contributed by atoms with van der Waals surface area (Å²) in [5.74, 6) is -4.95. The molecule has 0 spiro atoms. The smallest absolute Gasteiger partial charge is 0.340 e. The number of hydrogen-bond acceptors (Lipinski definition) is 9. The molecule has 2 aromatic rings. The van der Waals surface area contributed by atoms with Crippen LogP contribution in [0.15, 0.2) is 15.3 Å². The van der Waals surface area contributed by atoms with Gasteiger partial charge in [-0.3, -0.25) is 4.79 Å². The number of phenolic OH excluding ortho intramolecular Hbond substituents is 1. The minimum Gasteiger partial charge on any atom is -0.503 e. The van der Waals surface area contributed by atoms with Crippen molar-refractivity contribution in [1.29, 1.82) is 0 Å². The molecule has 3 rings (SSSR count). The zero-order valence-corrected chi connectivity index (χ0v) is 15.5. The van der Waals surface area contributed by atoms with Crippen LogP contribution in [0.5, 0.6) is 5.75 Å². The van der Waals surface area contributed by atoms with E-state index < -0.39 is 78.2 Å². The number of benzene rings is 1. The summed E-state index contributed by atoms with van der Waals surface area (Å²) >= 11 is 0. The van der Waals surface area contributed by atoms with Gasteiger partial charge in [0.2, 0.25) is 11.7 Å². The summed E-state index contributed by atoms with van der Waals surface area (Å²) in [4.78, 5) is 24.6. The summed E-state index contributed by atoms with van der Waals surface area (Å²) in [7, 11) is 0. The number of halogens is 2. The third kappa shape index (κ3) is 3.75. The minimum atomic E-state index is -1.76. The molecule has 0 aliphatic carbocycles. The molecule has 1 saturated heterocycles. The van der Waals surface area contributed by atoms with Crippen LogP contribution in [0.1, 0.15) is 11.1 Å². The first kappa shape index (κ1) is 22.1. The number of carbonyl (C=O) groups excluding carboxylic acids is 1. The number of rotatable bonds is 4. The van der Waals surface area contributed by atoms with Crippen molar-refractivity contribution in [2.45, 2.75) is 44.0 Å². The van der Waals surface area contributed by atoms with E-state index in [-0.39, 0.29) is 16.5 Å². The van der Waals surface area contributed by atoms with Crippen molar-refractivity contribution in [1.82, 2.24) is 5.32 Å². The number of hydrogen-bond donors (Lipinski definition) is 6. The van der Waals surface area contributed by atoms with E-state index in [0.717, 1.165) is 6.07 Å². The summed E-state index contributed by atoms with van der Waals surface area (Å²) in [5.41, 5.74) is -2.01. The van der Waals surface area contributed by atoms with E-state index in [4.69, 9.17) is 14.3 Å². The lowest BCUT2D eigenvalue weighted by atomic mass is 9.96. The number of fused-ring (bicyclic) bond motifs is 1. The monoisotopic (exact) mass is 431 g/mol. The van der Waals surface area contributed by atoms with Crippen molar-refractivity contribution in [3.05, 3.63) is 39.2 Å². The van der Waals surface area contributed by atoms with Crippen molar-refractivity contribution >= 4 is 16.9 Å². The Balaban J connectivity index is 1.87. The molecule has 0 saturated carbocycles. The molecule has 30 heavy (non-hydrogen) atoms. The average Bonchev–Trinajstić information content (AvgIpc) is 2.70. The average molecular weight is 431 g/mol. The molecule has 1 fully saturated rings. The molecular formula is C18H19F2NO9. The van der Waals surface area contributed by atoms with Gasteiger partial charge in [-0.25, -0.2) is 9.18 Å². The van der Waals surface area contributed by atoms with Gasteiger partial charge < -0.3 is 40.0 Å². The lowest BCUT2D eigenvalue weighted by Crippen LogP contribution is -2.64. The fourth-order valence-electron chi connectivity index (χ4n) is 3.29. The number of aromatic hydroxyl groups is 1. The molecule has 1 aromatic carbocycles. The molecule has 164 valence electrons. The molecule has 1 aliphatic rings. The van der Waals surface area contributed by atoms with Gasteiger partial charge in [0.05, 0.1) is 18.6 Å².